The second kappa shape index (κ2) is 12.5. The summed E-state index contributed by atoms with van der Waals surface area (Å²) in [5.41, 5.74) is 0. The van der Waals surface area contributed by atoms with E-state index in [1.54, 1.807) is 0 Å². The van der Waals surface area contributed by atoms with E-state index in [2.05, 4.69) is 6.92 Å². The molecule has 0 bridgehead atoms. The molecule has 96 valence electrons. The number of hydrogen-bond donors (Lipinski definition) is 1. The zero-order valence-electron chi connectivity index (χ0n) is 10.5. The van der Waals surface area contributed by atoms with Crippen LogP contribution in [0.5, 0.6) is 0 Å². The van der Waals surface area contributed by atoms with E-state index >= 15 is 0 Å². The third kappa shape index (κ3) is 13.4. The molecule has 0 aromatic rings. The fourth-order valence-corrected chi connectivity index (χ4v) is 1.57. The summed E-state index contributed by atoms with van der Waals surface area (Å²) in [6.45, 7) is 4.18. The minimum atomic E-state index is -0.666. The number of carbonyl (C=O) groups is 1. The standard InChI is InChI=1S/C9H18O2.C4H8O/c1-2-3-4-5-6-7-8-9(10)11;1-2-4-5-3-1/h2-8H2,1H3,(H,10,11);1-4H2. The molecule has 1 saturated heterocycles. The van der Waals surface area contributed by atoms with Gasteiger partial charge in [0, 0.05) is 19.6 Å². The maximum absolute atomic E-state index is 10.1. The van der Waals surface area contributed by atoms with Crippen molar-refractivity contribution in [2.24, 2.45) is 0 Å². The molecule has 1 rings (SSSR count). The van der Waals surface area contributed by atoms with Crippen LogP contribution in [-0.4, -0.2) is 24.3 Å². The Labute approximate surface area is 99.2 Å². The van der Waals surface area contributed by atoms with Crippen molar-refractivity contribution in [3.05, 3.63) is 0 Å². The molecule has 0 aromatic carbocycles. The molecule has 1 heterocycles. The number of unbranched alkanes of at least 4 members (excludes halogenated alkanes) is 5. The highest BCUT2D eigenvalue weighted by Gasteiger charge is 1.95. The maximum Gasteiger partial charge on any atom is 0.303 e. The van der Waals surface area contributed by atoms with Crippen molar-refractivity contribution in [3.8, 4) is 0 Å². The van der Waals surface area contributed by atoms with Gasteiger partial charge >= 0.3 is 5.97 Å². The smallest absolute Gasteiger partial charge is 0.303 e. The molecule has 3 nitrogen and oxygen atoms in total. The topological polar surface area (TPSA) is 46.5 Å². The number of carboxylic acids is 1. The Bertz CT molecular complexity index is 146. The van der Waals surface area contributed by atoms with Gasteiger partial charge in [0.25, 0.3) is 0 Å². The van der Waals surface area contributed by atoms with Gasteiger partial charge in [-0.25, -0.2) is 0 Å². The lowest BCUT2D eigenvalue weighted by Crippen LogP contribution is -1.93. The first-order valence-corrected chi connectivity index (χ1v) is 6.57. The first kappa shape index (κ1) is 15.4. The molecule has 16 heavy (non-hydrogen) atoms. The minimum absolute atomic E-state index is 0.339. The van der Waals surface area contributed by atoms with Crippen molar-refractivity contribution in [2.75, 3.05) is 13.2 Å². The monoisotopic (exact) mass is 230 g/mol. The summed E-state index contributed by atoms with van der Waals surface area (Å²) in [5, 5.41) is 8.32. The van der Waals surface area contributed by atoms with Crippen molar-refractivity contribution < 1.29 is 14.6 Å². The third-order valence-electron chi connectivity index (χ3n) is 2.57. The van der Waals surface area contributed by atoms with E-state index < -0.39 is 5.97 Å². The van der Waals surface area contributed by atoms with Gasteiger partial charge in [-0.3, -0.25) is 4.79 Å². The van der Waals surface area contributed by atoms with E-state index in [1.807, 2.05) is 0 Å². The molecule has 0 radical (unpaired) electrons. The zero-order valence-corrected chi connectivity index (χ0v) is 10.5. The van der Waals surface area contributed by atoms with Gasteiger partial charge in [0.05, 0.1) is 0 Å². The van der Waals surface area contributed by atoms with Crippen LogP contribution in [0.2, 0.25) is 0 Å². The van der Waals surface area contributed by atoms with Crippen LogP contribution in [0.4, 0.5) is 0 Å². The highest BCUT2D eigenvalue weighted by atomic mass is 16.5. The second-order valence-electron chi connectivity index (χ2n) is 4.23. The Morgan fingerprint density at radius 3 is 2.06 bits per heavy atom. The van der Waals surface area contributed by atoms with Crippen molar-refractivity contribution in [2.45, 2.75) is 64.7 Å². The van der Waals surface area contributed by atoms with Crippen molar-refractivity contribution in [3.63, 3.8) is 0 Å². The van der Waals surface area contributed by atoms with Gasteiger partial charge < -0.3 is 9.84 Å². The second-order valence-corrected chi connectivity index (χ2v) is 4.23. The molecule has 0 amide bonds. The fraction of sp³-hybridized carbons (Fsp3) is 0.923. The molecule has 0 spiro atoms. The number of rotatable bonds is 7. The molecule has 1 N–H and O–H groups in total. The van der Waals surface area contributed by atoms with Crippen molar-refractivity contribution >= 4 is 5.97 Å². The van der Waals surface area contributed by atoms with Crippen LogP contribution in [0.1, 0.15) is 64.7 Å². The fourth-order valence-electron chi connectivity index (χ4n) is 1.57. The average Bonchev–Trinajstić information content (AvgIpc) is 2.81. The van der Waals surface area contributed by atoms with Crippen LogP contribution in [-0.2, 0) is 9.53 Å². The largest absolute Gasteiger partial charge is 0.481 e. The molecular weight excluding hydrogens is 204 g/mol. The molecule has 0 unspecified atom stereocenters. The molecule has 3 heteroatoms. The molecule has 0 aliphatic carbocycles. The summed E-state index contributed by atoms with van der Waals surface area (Å²) < 4.78 is 4.94. The lowest BCUT2D eigenvalue weighted by atomic mass is 10.1. The van der Waals surface area contributed by atoms with Crippen molar-refractivity contribution in [1.29, 1.82) is 0 Å². The highest BCUT2D eigenvalue weighted by Crippen LogP contribution is 2.06. The summed E-state index contributed by atoms with van der Waals surface area (Å²) in [4.78, 5) is 10.1. The summed E-state index contributed by atoms with van der Waals surface area (Å²) in [7, 11) is 0. The van der Waals surface area contributed by atoms with Gasteiger partial charge in [-0.1, -0.05) is 39.0 Å². The summed E-state index contributed by atoms with van der Waals surface area (Å²) in [6, 6.07) is 0. The number of aliphatic carboxylic acids is 1. The predicted octanol–water partition coefficient (Wildman–Crippen LogP) is 3.62. The normalized spacial score (nSPS) is 14.3. The van der Waals surface area contributed by atoms with Crippen LogP contribution in [0.15, 0.2) is 0 Å². The van der Waals surface area contributed by atoms with E-state index in [0.717, 1.165) is 26.1 Å². The first-order valence-electron chi connectivity index (χ1n) is 6.57. The van der Waals surface area contributed by atoms with E-state index in [4.69, 9.17) is 9.84 Å². The Hall–Kier alpha value is -0.570. The third-order valence-corrected chi connectivity index (χ3v) is 2.57. The molecule has 1 fully saturated rings. The first-order chi connectivity index (χ1) is 7.77. The molecular formula is C13H26O3. The van der Waals surface area contributed by atoms with Gasteiger partial charge in [-0.05, 0) is 19.3 Å². The Morgan fingerprint density at radius 2 is 1.62 bits per heavy atom. The Balaban J connectivity index is 0.000000368. The van der Waals surface area contributed by atoms with E-state index in [9.17, 15) is 4.79 Å². The zero-order chi connectivity index (χ0) is 12.1. The van der Waals surface area contributed by atoms with Gasteiger partial charge in [0.1, 0.15) is 0 Å². The lowest BCUT2D eigenvalue weighted by molar-refractivity contribution is -0.137. The Kier molecular flexibility index (Phi) is 12.1. The van der Waals surface area contributed by atoms with Gasteiger partial charge in [0.15, 0.2) is 0 Å². The molecule has 0 atom stereocenters. The summed E-state index contributed by atoms with van der Waals surface area (Å²) in [6.07, 6.45) is 9.81. The molecule has 1 aliphatic rings. The SMILES string of the molecule is C1CCOC1.CCCCCCCCC(=O)O. The van der Waals surface area contributed by atoms with Gasteiger partial charge in [-0.2, -0.15) is 0 Å². The number of ether oxygens (including phenoxy) is 1. The molecule has 0 aromatic heterocycles. The van der Waals surface area contributed by atoms with E-state index in [-0.39, 0.29) is 0 Å². The molecule has 1 aliphatic heterocycles. The summed E-state index contributed by atoms with van der Waals surface area (Å²) in [5.74, 6) is -0.666. The van der Waals surface area contributed by atoms with Crippen LogP contribution < -0.4 is 0 Å². The van der Waals surface area contributed by atoms with E-state index in [1.165, 1.54) is 38.5 Å². The maximum atomic E-state index is 10.1. The van der Waals surface area contributed by atoms with Crippen molar-refractivity contribution in [1.82, 2.24) is 0 Å². The molecule has 0 saturated carbocycles. The quantitative estimate of drug-likeness (QED) is 0.679. The van der Waals surface area contributed by atoms with Crippen LogP contribution in [0.25, 0.3) is 0 Å². The van der Waals surface area contributed by atoms with Gasteiger partial charge in [0.2, 0.25) is 0 Å². The lowest BCUT2D eigenvalue weighted by Gasteiger charge is -1.97. The van der Waals surface area contributed by atoms with Gasteiger partial charge in [-0.15, -0.1) is 0 Å². The summed E-state index contributed by atoms with van der Waals surface area (Å²) >= 11 is 0. The highest BCUT2D eigenvalue weighted by molar-refractivity contribution is 5.66. The Morgan fingerprint density at radius 1 is 1.06 bits per heavy atom. The van der Waals surface area contributed by atoms with E-state index in [0.29, 0.717) is 6.42 Å². The predicted molar refractivity (Wildman–Crippen MR) is 65.7 cm³/mol. The van der Waals surface area contributed by atoms with Crippen LogP contribution >= 0.6 is 0 Å². The number of carboxylic acid groups (broad SMARTS) is 1. The van der Waals surface area contributed by atoms with Crippen LogP contribution in [0, 0.1) is 0 Å². The minimum Gasteiger partial charge on any atom is -0.481 e. The van der Waals surface area contributed by atoms with Crippen LogP contribution in [0.3, 0.4) is 0 Å². The number of hydrogen-bond acceptors (Lipinski definition) is 2. The average molecular weight is 230 g/mol.